The molecule has 0 aliphatic carbocycles. The van der Waals surface area contributed by atoms with E-state index in [-0.39, 0.29) is 0 Å². The average Bonchev–Trinajstić information content (AvgIpc) is 2.71. The summed E-state index contributed by atoms with van der Waals surface area (Å²) < 4.78 is 1.76. The highest BCUT2D eigenvalue weighted by molar-refractivity contribution is 5.27. The van der Waals surface area contributed by atoms with Crippen LogP contribution < -0.4 is 0 Å². The first-order valence-electron chi connectivity index (χ1n) is 4.59. The second-order valence-corrected chi connectivity index (χ2v) is 3.05. The molecule has 2 heterocycles. The van der Waals surface area contributed by atoms with E-state index in [9.17, 15) is 0 Å². The predicted octanol–water partition coefficient (Wildman–Crippen LogP) is 1.03. The van der Waals surface area contributed by atoms with Crippen LogP contribution in [0.4, 0.5) is 0 Å². The largest absolute Gasteiger partial charge is 0.261 e. The monoisotopic (exact) mass is 198 g/mol. The lowest BCUT2D eigenvalue weighted by atomic mass is 10.3. The third kappa shape index (κ3) is 2.64. The normalized spacial score (nSPS) is 9.40. The van der Waals surface area contributed by atoms with Crippen LogP contribution in [0.25, 0.3) is 0 Å². The van der Waals surface area contributed by atoms with Crippen molar-refractivity contribution in [1.29, 1.82) is 0 Å². The Morgan fingerprint density at radius 3 is 3.07 bits per heavy atom. The Morgan fingerprint density at radius 1 is 1.40 bits per heavy atom. The molecule has 0 aromatic carbocycles. The van der Waals surface area contributed by atoms with E-state index in [4.69, 9.17) is 0 Å². The Kier molecular flexibility index (Phi) is 2.75. The topological polar surface area (TPSA) is 43.6 Å². The summed E-state index contributed by atoms with van der Waals surface area (Å²) in [5, 5.41) is 4.05. The SMILES string of the molecule is Cc1cc(C#CCn2cccn2)ncn1. The highest BCUT2D eigenvalue weighted by Gasteiger charge is 1.89. The van der Waals surface area contributed by atoms with Crippen molar-refractivity contribution >= 4 is 0 Å². The molecule has 74 valence electrons. The third-order valence-electron chi connectivity index (χ3n) is 1.82. The number of hydrogen-bond acceptors (Lipinski definition) is 3. The Morgan fingerprint density at radius 2 is 2.33 bits per heavy atom. The second kappa shape index (κ2) is 4.38. The number of nitrogens with zero attached hydrogens (tertiary/aromatic N) is 4. The van der Waals surface area contributed by atoms with Gasteiger partial charge in [0.05, 0.1) is 0 Å². The lowest BCUT2D eigenvalue weighted by Gasteiger charge is -1.92. The molecule has 0 spiro atoms. The van der Waals surface area contributed by atoms with E-state index in [0.29, 0.717) is 6.54 Å². The molecular weight excluding hydrogens is 188 g/mol. The van der Waals surface area contributed by atoms with Gasteiger partial charge in [0.15, 0.2) is 0 Å². The smallest absolute Gasteiger partial charge is 0.117 e. The van der Waals surface area contributed by atoms with E-state index < -0.39 is 0 Å². The van der Waals surface area contributed by atoms with Gasteiger partial charge in [-0.05, 0) is 25.0 Å². The van der Waals surface area contributed by atoms with E-state index in [0.717, 1.165) is 11.4 Å². The Labute approximate surface area is 88.0 Å². The highest BCUT2D eigenvalue weighted by atomic mass is 15.3. The lowest BCUT2D eigenvalue weighted by molar-refractivity contribution is 0.715. The summed E-state index contributed by atoms with van der Waals surface area (Å²) in [5.41, 5.74) is 1.67. The Balaban J connectivity index is 2.06. The zero-order valence-corrected chi connectivity index (χ0v) is 8.38. The number of hydrogen-bond donors (Lipinski definition) is 0. The minimum Gasteiger partial charge on any atom is -0.261 e. The van der Waals surface area contributed by atoms with Gasteiger partial charge in [0.2, 0.25) is 0 Å². The molecule has 0 atom stereocenters. The van der Waals surface area contributed by atoms with Crippen molar-refractivity contribution in [3.8, 4) is 11.8 Å². The molecule has 0 radical (unpaired) electrons. The minimum absolute atomic E-state index is 0.579. The van der Waals surface area contributed by atoms with Crippen LogP contribution in [0, 0.1) is 18.8 Å². The maximum Gasteiger partial charge on any atom is 0.117 e. The molecule has 15 heavy (non-hydrogen) atoms. The molecule has 0 bridgehead atoms. The van der Waals surface area contributed by atoms with Gasteiger partial charge >= 0.3 is 0 Å². The van der Waals surface area contributed by atoms with Crippen LogP contribution in [-0.4, -0.2) is 19.7 Å². The van der Waals surface area contributed by atoms with Crippen molar-refractivity contribution in [1.82, 2.24) is 19.7 Å². The number of rotatable bonds is 1. The molecule has 0 N–H and O–H groups in total. The van der Waals surface area contributed by atoms with E-state index in [2.05, 4.69) is 26.9 Å². The van der Waals surface area contributed by atoms with E-state index >= 15 is 0 Å². The molecule has 4 nitrogen and oxygen atoms in total. The fourth-order valence-electron chi connectivity index (χ4n) is 1.13. The van der Waals surface area contributed by atoms with Crippen LogP contribution in [0.5, 0.6) is 0 Å². The molecule has 0 aliphatic heterocycles. The van der Waals surface area contributed by atoms with Crippen LogP contribution in [-0.2, 0) is 6.54 Å². The van der Waals surface area contributed by atoms with Crippen molar-refractivity contribution < 1.29 is 0 Å². The van der Waals surface area contributed by atoms with Crippen LogP contribution in [0.2, 0.25) is 0 Å². The maximum absolute atomic E-state index is 4.05. The van der Waals surface area contributed by atoms with Gasteiger partial charge in [-0.25, -0.2) is 9.97 Å². The summed E-state index contributed by atoms with van der Waals surface area (Å²) in [6, 6.07) is 3.73. The quantitative estimate of drug-likeness (QED) is 0.643. The van der Waals surface area contributed by atoms with Crippen molar-refractivity contribution in [2.24, 2.45) is 0 Å². The van der Waals surface area contributed by atoms with Crippen LogP contribution in [0.1, 0.15) is 11.4 Å². The first-order valence-corrected chi connectivity index (χ1v) is 4.59. The van der Waals surface area contributed by atoms with Gasteiger partial charge in [0.25, 0.3) is 0 Å². The van der Waals surface area contributed by atoms with Gasteiger partial charge in [-0.1, -0.05) is 5.92 Å². The molecule has 4 heteroatoms. The lowest BCUT2D eigenvalue weighted by Crippen LogP contribution is -1.95. The number of aromatic nitrogens is 4. The molecule has 0 amide bonds. The van der Waals surface area contributed by atoms with Gasteiger partial charge in [0.1, 0.15) is 18.6 Å². The molecule has 0 unspecified atom stereocenters. The summed E-state index contributed by atoms with van der Waals surface area (Å²) in [7, 11) is 0. The first-order chi connectivity index (χ1) is 7.34. The van der Waals surface area contributed by atoms with Gasteiger partial charge in [-0.3, -0.25) is 4.68 Å². The van der Waals surface area contributed by atoms with Gasteiger partial charge in [-0.15, -0.1) is 0 Å². The molecule has 2 aromatic rings. The van der Waals surface area contributed by atoms with E-state index in [1.54, 1.807) is 10.9 Å². The summed E-state index contributed by atoms with van der Waals surface area (Å²) in [5.74, 6) is 5.95. The summed E-state index contributed by atoms with van der Waals surface area (Å²) in [6.45, 7) is 2.50. The van der Waals surface area contributed by atoms with Gasteiger partial charge in [-0.2, -0.15) is 5.10 Å². The second-order valence-electron chi connectivity index (χ2n) is 3.05. The minimum atomic E-state index is 0.579. The molecule has 0 fully saturated rings. The van der Waals surface area contributed by atoms with Crippen molar-refractivity contribution in [3.05, 3.63) is 42.2 Å². The standard InChI is InChI=1S/C11H10N4/c1-10-8-11(13-9-12-10)4-2-6-15-7-3-5-14-15/h3,5,7-9H,6H2,1H3. The van der Waals surface area contributed by atoms with E-state index in [1.165, 1.54) is 6.33 Å². The first kappa shape index (κ1) is 9.41. The van der Waals surface area contributed by atoms with Crippen molar-refractivity contribution in [2.45, 2.75) is 13.5 Å². The van der Waals surface area contributed by atoms with Gasteiger partial charge < -0.3 is 0 Å². The Bertz CT molecular complexity index is 491. The third-order valence-corrected chi connectivity index (χ3v) is 1.82. The molecule has 0 aliphatic rings. The van der Waals surface area contributed by atoms with E-state index in [1.807, 2.05) is 25.3 Å². The maximum atomic E-state index is 4.05. The fourth-order valence-corrected chi connectivity index (χ4v) is 1.13. The summed E-state index contributed by atoms with van der Waals surface area (Å²) in [4.78, 5) is 8.05. The number of aryl methyl sites for hydroxylation is 1. The average molecular weight is 198 g/mol. The zero-order chi connectivity index (χ0) is 10.5. The summed E-state index contributed by atoms with van der Waals surface area (Å²) >= 11 is 0. The van der Waals surface area contributed by atoms with Crippen LogP contribution in [0.3, 0.4) is 0 Å². The molecule has 0 saturated heterocycles. The molecule has 2 rings (SSSR count). The molecule has 2 aromatic heterocycles. The molecule has 0 saturated carbocycles. The highest BCUT2D eigenvalue weighted by Crippen LogP contribution is 1.93. The van der Waals surface area contributed by atoms with Crippen molar-refractivity contribution in [3.63, 3.8) is 0 Å². The van der Waals surface area contributed by atoms with Crippen molar-refractivity contribution in [2.75, 3.05) is 0 Å². The fraction of sp³-hybridized carbons (Fsp3) is 0.182. The van der Waals surface area contributed by atoms with Crippen LogP contribution >= 0.6 is 0 Å². The van der Waals surface area contributed by atoms with Crippen LogP contribution in [0.15, 0.2) is 30.9 Å². The molecular formula is C11H10N4. The zero-order valence-electron chi connectivity index (χ0n) is 8.38. The summed E-state index contributed by atoms with van der Waals surface area (Å²) in [6.07, 6.45) is 5.13. The predicted molar refractivity (Wildman–Crippen MR) is 55.9 cm³/mol. The Hall–Kier alpha value is -2.15. The van der Waals surface area contributed by atoms with Gasteiger partial charge in [0, 0.05) is 18.1 Å².